The molecule has 0 radical (unpaired) electrons. The first-order valence-corrected chi connectivity index (χ1v) is 12.1. The summed E-state index contributed by atoms with van der Waals surface area (Å²) >= 11 is 13.1. The number of ether oxygens (including phenoxy) is 3. The van der Waals surface area contributed by atoms with Gasteiger partial charge in [0.05, 0.1) is 43.9 Å². The minimum absolute atomic E-state index is 0.0231. The van der Waals surface area contributed by atoms with Crippen molar-refractivity contribution in [3.05, 3.63) is 85.0 Å². The van der Waals surface area contributed by atoms with Crippen molar-refractivity contribution in [1.29, 1.82) is 0 Å². The van der Waals surface area contributed by atoms with Crippen LogP contribution in [-0.4, -0.2) is 49.9 Å². The monoisotopic (exact) mass is 562 g/mol. The number of nitro benzene ring substituents is 1. The van der Waals surface area contributed by atoms with Crippen LogP contribution in [-0.2, 0) is 35.0 Å². The SMILES string of the molecule is COC(=O)CC1=NC(CCc2ccccc2[N+](=O)[O-])=C(C(=O)OC)C(c2c(Cl)cccc2Cl)C1C(=O)OC. The molecule has 3 rings (SSSR count). The van der Waals surface area contributed by atoms with E-state index in [0.717, 1.165) is 7.11 Å². The Bertz CT molecular complexity index is 1320. The Morgan fingerprint density at radius 1 is 0.947 bits per heavy atom. The zero-order chi connectivity index (χ0) is 28.0. The molecule has 2 aromatic carbocycles. The molecule has 10 nitrogen and oxygen atoms in total. The minimum atomic E-state index is -1.26. The van der Waals surface area contributed by atoms with Crippen molar-refractivity contribution >= 4 is 52.5 Å². The number of benzene rings is 2. The van der Waals surface area contributed by atoms with E-state index in [1.54, 1.807) is 36.4 Å². The molecule has 200 valence electrons. The van der Waals surface area contributed by atoms with Crippen LogP contribution in [0.2, 0.25) is 10.0 Å². The number of aryl methyl sites for hydroxylation is 1. The van der Waals surface area contributed by atoms with Crippen LogP contribution < -0.4 is 0 Å². The average Bonchev–Trinajstić information content (AvgIpc) is 2.90. The van der Waals surface area contributed by atoms with Gasteiger partial charge in [-0.2, -0.15) is 0 Å². The smallest absolute Gasteiger partial charge is 0.336 e. The number of nitrogens with zero attached hydrogens (tertiary/aromatic N) is 2. The number of methoxy groups -OCH3 is 3. The van der Waals surface area contributed by atoms with Crippen LogP contribution in [0.1, 0.15) is 29.9 Å². The summed E-state index contributed by atoms with van der Waals surface area (Å²) in [6.07, 6.45) is -0.238. The number of hydrogen-bond acceptors (Lipinski definition) is 9. The molecular weight excluding hydrogens is 539 g/mol. The molecule has 1 aliphatic rings. The maximum Gasteiger partial charge on any atom is 0.336 e. The van der Waals surface area contributed by atoms with Crippen molar-refractivity contribution in [3.8, 4) is 0 Å². The van der Waals surface area contributed by atoms with Crippen molar-refractivity contribution in [2.24, 2.45) is 10.9 Å². The van der Waals surface area contributed by atoms with Crippen molar-refractivity contribution in [2.45, 2.75) is 25.2 Å². The molecule has 0 aliphatic carbocycles. The molecule has 0 amide bonds. The first kappa shape index (κ1) is 28.8. The maximum absolute atomic E-state index is 13.2. The second-order valence-corrected chi connectivity index (χ2v) is 9.02. The van der Waals surface area contributed by atoms with Gasteiger partial charge in [0.1, 0.15) is 5.92 Å². The van der Waals surface area contributed by atoms with Gasteiger partial charge in [-0.25, -0.2) is 4.79 Å². The van der Waals surface area contributed by atoms with E-state index in [4.69, 9.17) is 37.4 Å². The first-order chi connectivity index (χ1) is 18.1. The Hall–Kier alpha value is -3.76. The molecule has 0 fully saturated rings. The van der Waals surface area contributed by atoms with Gasteiger partial charge in [0, 0.05) is 33.3 Å². The van der Waals surface area contributed by atoms with Crippen LogP contribution in [0.15, 0.2) is 58.7 Å². The molecule has 0 bridgehead atoms. The Labute approximate surface area is 228 Å². The van der Waals surface area contributed by atoms with Crippen molar-refractivity contribution in [2.75, 3.05) is 21.3 Å². The van der Waals surface area contributed by atoms with Gasteiger partial charge in [0.15, 0.2) is 0 Å². The van der Waals surface area contributed by atoms with Crippen LogP contribution in [0.25, 0.3) is 0 Å². The number of hydrogen-bond donors (Lipinski definition) is 0. The molecule has 1 aliphatic heterocycles. The number of halogens is 2. The van der Waals surface area contributed by atoms with Gasteiger partial charge in [0.2, 0.25) is 0 Å². The van der Waals surface area contributed by atoms with Gasteiger partial charge in [-0.05, 0) is 30.5 Å². The van der Waals surface area contributed by atoms with Crippen molar-refractivity contribution < 1.29 is 33.5 Å². The Kier molecular flexibility index (Phi) is 9.60. The molecule has 2 atom stereocenters. The third-order valence-corrected chi connectivity index (χ3v) is 6.80. The highest BCUT2D eigenvalue weighted by molar-refractivity contribution is 6.36. The number of nitro groups is 1. The fraction of sp³-hybridized carbons (Fsp3) is 0.308. The summed E-state index contributed by atoms with van der Waals surface area (Å²) in [5.74, 6) is -4.67. The normalized spacial score (nSPS) is 16.9. The summed E-state index contributed by atoms with van der Waals surface area (Å²) in [6.45, 7) is 0. The zero-order valence-electron chi connectivity index (χ0n) is 20.7. The third-order valence-electron chi connectivity index (χ3n) is 6.14. The molecule has 0 saturated heterocycles. The molecule has 38 heavy (non-hydrogen) atoms. The lowest BCUT2D eigenvalue weighted by Crippen LogP contribution is -2.38. The first-order valence-electron chi connectivity index (χ1n) is 11.3. The van der Waals surface area contributed by atoms with E-state index in [1.807, 2.05) is 0 Å². The summed E-state index contributed by atoms with van der Waals surface area (Å²) in [6, 6.07) is 10.9. The quantitative estimate of drug-likeness (QED) is 0.183. The van der Waals surface area contributed by atoms with Gasteiger partial charge in [-0.1, -0.05) is 47.5 Å². The predicted octanol–water partition coefficient (Wildman–Crippen LogP) is 4.85. The Morgan fingerprint density at radius 3 is 2.18 bits per heavy atom. The van der Waals surface area contributed by atoms with Crippen LogP contribution >= 0.6 is 23.2 Å². The fourth-order valence-corrected chi connectivity index (χ4v) is 5.06. The highest BCUT2D eigenvalue weighted by Crippen LogP contribution is 2.46. The average molecular weight is 563 g/mol. The van der Waals surface area contributed by atoms with Crippen LogP contribution in [0.4, 0.5) is 5.69 Å². The van der Waals surface area contributed by atoms with Gasteiger partial charge in [0.25, 0.3) is 5.69 Å². The third kappa shape index (κ3) is 6.03. The van der Waals surface area contributed by atoms with Gasteiger partial charge < -0.3 is 14.2 Å². The predicted molar refractivity (Wildman–Crippen MR) is 139 cm³/mol. The lowest BCUT2D eigenvalue weighted by atomic mass is 9.74. The summed E-state index contributed by atoms with van der Waals surface area (Å²) in [4.78, 5) is 54.2. The van der Waals surface area contributed by atoms with E-state index in [9.17, 15) is 24.5 Å². The Balaban J connectivity index is 2.29. The molecular formula is C26H24Cl2N2O8. The highest BCUT2D eigenvalue weighted by atomic mass is 35.5. The standard InChI is InChI=1S/C26H24Cl2N2O8/c1-36-20(31)13-18-23(26(33)38-3)24(21-15(27)8-6-9-16(21)28)22(25(32)37-2)17(29-18)12-11-14-7-4-5-10-19(14)30(34)35/h4-10,23-24H,11-13H2,1-3H3. The lowest BCUT2D eigenvalue weighted by Gasteiger charge is -2.33. The van der Waals surface area contributed by atoms with Crippen LogP contribution in [0.5, 0.6) is 0 Å². The summed E-state index contributed by atoms with van der Waals surface area (Å²) in [7, 11) is 3.52. The molecule has 0 N–H and O–H groups in total. The second-order valence-electron chi connectivity index (χ2n) is 8.21. The van der Waals surface area contributed by atoms with E-state index in [-0.39, 0.29) is 51.1 Å². The Morgan fingerprint density at radius 2 is 1.61 bits per heavy atom. The summed E-state index contributed by atoms with van der Waals surface area (Å²) in [5, 5.41) is 11.8. The number of carbonyl (C=O) groups excluding carboxylic acids is 3. The zero-order valence-corrected chi connectivity index (χ0v) is 22.2. The molecule has 12 heteroatoms. The number of rotatable bonds is 9. The highest BCUT2D eigenvalue weighted by Gasteiger charge is 2.46. The second kappa shape index (κ2) is 12.7. The van der Waals surface area contributed by atoms with E-state index >= 15 is 0 Å². The number of carbonyl (C=O) groups is 3. The molecule has 0 aromatic heterocycles. The van der Waals surface area contributed by atoms with Crippen LogP contribution in [0, 0.1) is 16.0 Å². The number of aliphatic imine (C=N–C) groups is 1. The van der Waals surface area contributed by atoms with Crippen molar-refractivity contribution in [3.63, 3.8) is 0 Å². The number of esters is 3. The molecule has 2 unspecified atom stereocenters. The van der Waals surface area contributed by atoms with Crippen molar-refractivity contribution in [1.82, 2.24) is 0 Å². The maximum atomic E-state index is 13.2. The molecule has 1 heterocycles. The van der Waals surface area contributed by atoms with E-state index in [1.165, 1.54) is 20.3 Å². The summed E-state index contributed by atoms with van der Waals surface area (Å²) < 4.78 is 14.9. The van der Waals surface area contributed by atoms with E-state index < -0.39 is 41.1 Å². The number of para-hydroxylation sites is 1. The summed E-state index contributed by atoms with van der Waals surface area (Å²) in [5.41, 5.74) is 0.754. The van der Waals surface area contributed by atoms with E-state index in [0.29, 0.717) is 5.56 Å². The van der Waals surface area contributed by atoms with Gasteiger partial charge in [-0.15, -0.1) is 0 Å². The van der Waals surface area contributed by atoms with Gasteiger partial charge >= 0.3 is 17.9 Å². The van der Waals surface area contributed by atoms with Gasteiger partial charge in [-0.3, -0.25) is 24.7 Å². The van der Waals surface area contributed by atoms with Crippen LogP contribution in [0.3, 0.4) is 0 Å². The molecule has 2 aromatic rings. The fourth-order valence-electron chi connectivity index (χ4n) is 4.43. The molecule has 0 spiro atoms. The number of allylic oxidation sites excluding steroid dienone is 1. The largest absolute Gasteiger partial charge is 0.469 e. The minimum Gasteiger partial charge on any atom is -0.469 e. The topological polar surface area (TPSA) is 134 Å². The lowest BCUT2D eigenvalue weighted by molar-refractivity contribution is -0.385. The van der Waals surface area contributed by atoms with E-state index in [2.05, 4.69) is 4.99 Å². The molecule has 0 saturated carbocycles.